The van der Waals surface area contributed by atoms with Crippen LogP contribution in [0.4, 0.5) is 5.82 Å². The Hall–Kier alpha value is -0.869. The van der Waals surface area contributed by atoms with E-state index in [2.05, 4.69) is 98.0 Å². The van der Waals surface area contributed by atoms with Crippen molar-refractivity contribution in [3.63, 3.8) is 0 Å². The van der Waals surface area contributed by atoms with Gasteiger partial charge in [0, 0.05) is 0 Å². The number of nitrogens with two attached hydrogens (primary N) is 1. The molecule has 1 saturated heterocycles. The molecule has 2 aromatic heterocycles. The Morgan fingerprint density at radius 1 is 0.795 bits per heavy atom. The smallest absolute Gasteiger partial charge is 0.226 e. The van der Waals surface area contributed by atoms with Crippen LogP contribution in [0.25, 0.3) is 11.2 Å². The summed E-state index contributed by atoms with van der Waals surface area (Å²) in [5, 5.41) is 0.0784. The summed E-state index contributed by atoms with van der Waals surface area (Å²) in [6.45, 7) is 28.0. The molecular formula is C31H60ClN5O4Si3. The first-order valence-electron chi connectivity index (χ1n) is 17.0. The molecule has 3 rings (SSSR count). The summed E-state index contributed by atoms with van der Waals surface area (Å²) in [4.78, 5) is 13.3. The normalized spacial score (nSPS) is 21.9. The van der Waals surface area contributed by atoms with E-state index >= 15 is 0 Å². The van der Waals surface area contributed by atoms with Crippen LogP contribution in [0.1, 0.15) is 89.3 Å². The topological polar surface area (TPSA) is 107 Å². The third-order valence-corrected chi connectivity index (χ3v) is 26.9. The monoisotopic (exact) mass is 685 g/mol. The Labute approximate surface area is 274 Å². The molecule has 1 fully saturated rings. The molecule has 0 aliphatic carbocycles. The van der Waals surface area contributed by atoms with Crippen LogP contribution in [0.5, 0.6) is 0 Å². The molecule has 0 spiro atoms. The zero-order chi connectivity index (χ0) is 33.0. The zero-order valence-corrected chi connectivity index (χ0v) is 33.2. The average Bonchev–Trinajstić information content (AvgIpc) is 3.55. The summed E-state index contributed by atoms with van der Waals surface area (Å²) in [6.07, 6.45) is 0.238. The highest BCUT2D eigenvalue weighted by Gasteiger charge is 2.55. The fourth-order valence-corrected chi connectivity index (χ4v) is 18.0. The maximum Gasteiger partial charge on any atom is 0.226 e. The van der Waals surface area contributed by atoms with E-state index in [1.165, 1.54) is 0 Å². The van der Waals surface area contributed by atoms with Crippen molar-refractivity contribution in [1.29, 1.82) is 0 Å². The van der Waals surface area contributed by atoms with E-state index in [1.807, 2.05) is 4.57 Å². The highest BCUT2D eigenvalue weighted by molar-refractivity contribution is 6.76. The summed E-state index contributed by atoms with van der Waals surface area (Å²) in [6, 6.07) is 6.19. The highest BCUT2D eigenvalue weighted by Crippen LogP contribution is 2.45. The number of imidazole rings is 1. The third-order valence-electron chi connectivity index (χ3n) is 11.0. The van der Waals surface area contributed by atoms with E-state index in [-0.39, 0.29) is 29.4 Å². The predicted molar refractivity (Wildman–Crippen MR) is 190 cm³/mol. The maximum absolute atomic E-state index is 7.51. The lowest BCUT2D eigenvalue weighted by atomic mass is 10.1. The Bertz CT molecular complexity index is 1200. The minimum absolute atomic E-state index is 0.0784. The molecule has 13 heteroatoms. The van der Waals surface area contributed by atoms with Gasteiger partial charge < -0.3 is 23.7 Å². The number of nitrogens with zero attached hydrogens (tertiary/aromatic N) is 4. The van der Waals surface area contributed by atoms with Gasteiger partial charge in [-0.2, -0.15) is 9.97 Å². The molecule has 0 aromatic carbocycles. The second kappa shape index (κ2) is 15.4. The summed E-state index contributed by atoms with van der Waals surface area (Å²) < 4.78 is 31.1. The second-order valence-corrected chi connectivity index (χ2v) is 28.7. The zero-order valence-electron chi connectivity index (χ0n) is 29.4. The predicted octanol–water partition coefficient (Wildman–Crippen LogP) is 8.93. The molecule has 3 heterocycles. The van der Waals surface area contributed by atoms with Gasteiger partial charge in [-0.1, -0.05) is 83.1 Å². The van der Waals surface area contributed by atoms with E-state index < -0.39 is 31.2 Å². The van der Waals surface area contributed by atoms with Crippen molar-refractivity contribution in [3.05, 3.63) is 11.6 Å². The fourth-order valence-electron chi connectivity index (χ4n) is 7.40. The lowest BCUT2D eigenvalue weighted by Gasteiger charge is -2.43. The summed E-state index contributed by atoms with van der Waals surface area (Å²) in [5.74, 6) is 0.247. The number of fused-ring (bicyclic) bond motifs is 1. The van der Waals surface area contributed by atoms with Crippen LogP contribution in [0.15, 0.2) is 6.33 Å². The quantitative estimate of drug-likeness (QED) is 0.130. The number of aromatic nitrogens is 4. The van der Waals surface area contributed by atoms with Crippen LogP contribution >= 0.6 is 11.6 Å². The van der Waals surface area contributed by atoms with Crippen molar-refractivity contribution in [2.45, 2.75) is 161 Å². The standard InChI is InChI=1S/C31H60ClN5O4Si3/c1-13-42(14-2,21(7)8)38-19-24-26(40-43(15-3,16-4)22(9)10)27(41-44(17-5,18-6)23(11)12)30(39-24)37-20-34-25-28(33)35-31(32)36-29(25)37/h20-24,26-27,30H,13-19H2,1-12H3,(H2,33,35,36)/t24-,26-,27-,30-/m1/s1. The van der Waals surface area contributed by atoms with Gasteiger partial charge in [-0.3, -0.25) is 4.57 Å². The van der Waals surface area contributed by atoms with Crippen molar-refractivity contribution in [2.75, 3.05) is 12.3 Å². The van der Waals surface area contributed by atoms with Gasteiger partial charge in [-0.25, -0.2) is 4.98 Å². The number of nitrogen functional groups attached to an aromatic ring is 1. The first-order valence-corrected chi connectivity index (χ1v) is 24.6. The Kier molecular flexibility index (Phi) is 13.1. The lowest BCUT2D eigenvalue weighted by molar-refractivity contribution is -0.0470. The van der Waals surface area contributed by atoms with Crippen molar-refractivity contribution < 1.29 is 18.0 Å². The Balaban J connectivity index is 2.24. The Morgan fingerprint density at radius 2 is 1.27 bits per heavy atom. The molecule has 4 atom stereocenters. The molecule has 0 unspecified atom stereocenters. The number of hydrogen-bond acceptors (Lipinski definition) is 8. The third kappa shape index (κ3) is 7.17. The molecule has 1 aliphatic heterocycles. The molecule has 252 valence electrons. The van der Waals surface area contributed by atoms with Crippen LogP contribution < -0.4 is 5.73 Å². The number of rotatable bonds is 17. The first-order chi connectivity index (χ1) is 20.7. The van der Waals surface area contributed by atoms with E-state index in [0.29, 0.717) is 34.4 Å². The summed E-state index contributed by atoms with van der Waals surface area (Å²) in [7, 11) is -6.37. The van der Waals surface area contributed by atoms with Crippen molar-refractivity contribution in [3.8, 4) is 0 Å². The lowest BCUT2D eigenvalue weighted by Crippen LogP contribution is -2.54. The van der Waals surface area contributed by atoms with E-state index in [4.69, 9.17) is 35.3 Å². The van der Waals surface area contributed by atoms with Gasteiger partial charge in [0.25, 0.3) is 0 Å². The van der Waals surface area contributed by atoms with Gasteiger partial charge in [0.2, 0.25) is 5.28 Å². The van der Waals surface area contributed by atoms with Gasteiger partial charge >= 0.3 is 0 Å². The molecule has 1 aliphatic rings. The highest BCUT2D eigenvalue weighted by atomic mass is 35.5. The number of hydrogen-bond donors (Lipinski definition) is 1. The molecule has 44 heavy (non-hydrogen) atoms. The van der Waals surface area contributed by atoms with Crippen LogP contribution in [0.3, 0.4) is 0 Å². The van der Waals surface area contributed by atoms with Crippen molar-refractivity contribution in [2.24, 2.45) is 0 Å². The molecule has 0 saturated carbocycles. The minimum Gasteiger partial charge on any atom is -0.414 e. The molecule has 0 radical (unpaired) electrons. The average molecular weight is 687 g/mol. The molecule has 0 amide bonds. The second-order valence-electron chi connectivity index (χ2n) is 13.5. The first kappa shape index (κ1) is 37.6. The van der Waals surface area contributed by atoms with E-state index in [9.17, 15) is 0 Å². The summed E-state index contributed by atoms with van der Waals surface area (Å²) >= 11 is 6.32. The van der Waals surface area contributed by atoms with Crippen molar-refractivity contribution in [1.82, 2.24) is 19.5 Å². The van der Waals surface area contributed by atoms with Crippen LogP contribution in [0, 0.1) is 0 Å². The molecular weight excluding hydrogens is 626 g/mol. The molecule has 2 aromatic rings. The van der Waals surface area contributed by atoms with Crippen molar-refractivity contribution >= 4 is 53.5 Å². The van der Waals surface area contributed by atoms with Crippen LogP contribution in [0.2, 0.25) is 58.2 Å². The number of halogens is 1. The van der Waals surface area contributed by atoms with Crippen LogP contribution in [-0.4, -0.2) is 69.4 Å². The molecule has 2 N–H and O–H groups in total. The number of ether oxygens (including phenoxy) is 1. The summed E-state index contributed by atoms with van der Waals surface area (Å²) in [5.41, 5.74) is 8.65. The van der Waals surface area contributed by atoms with E-state index in [1.54, 1.807) is 6.33 Å². The molecule has 9 nitrogen and oxygen atoms in total. The van der Waals surface area contributed by atoms with Crippen LogP contribution in [-0.2, 0) is 18.0 Å². The molecule has 0 bridgehead atoms. The Morgan fingerprint density at radius 3 is 1.73 bits per heavy atom. The SMILES string of the molecule is CC[Si](CC)(OC[C@H]1O[C@@H](n2cnc3c(N)nc(Cl)nc32)[C@H](O[Si](CC)(CC)C(C)C)[C@@H]1O[Si](CC)(CC)C(C)C)C(C)C. The van der Waals surface area contributed by atoms with Gasteiger partial charge in [0.1, 0.15) is 23.8 Å². The fraction of sp³-hybridized carbons (Fsp3) is 0.839. The number of anilines is 1. The largest absolute Gasteiger partial charge is 0.414 e. The maximum atomic E-state index is 7.51. The minimum atomic E-state index is -2.21. The van der Waals surface area contributed by atoms with Gasteiger partial charge in [0.05, 0.1) is 12.9 Å². The van der Waals surface area contributed by atoms with Gasteiger partial charge in [-0.05, 0) is 64.5 Å². The van der Waals surface area contributed by atoms with E-state index in [0.717, 1.165) is 36.3 Å². The van der Waals surface area contributed by atoms with Gasteiger partial charge in [0.15, 0.2) is 42.6 Å². The van der Waals surface area contributed by atoms with Gasteiger partial charge in [-0.15, -0.1) is 0 Å².